The highest BCUT2D eigenvalue weighted by molar-refractivity contribution is 14.1. The normalized spacial score (nSPS) is 12.4. The van der Waals surface area contributed by atoms with Crippen LogP contribution in [0.1, 0.15) is 16.0 Å². The Labute approximate surface area is 116 Å². The summed E-state index contributed by atoms with van der Waals surface area (Å²) in [5.41, 5.74) is 2.23. The van der Waals surface area contributed by atoms with Crippen LogP contribution in [0.5, 0.6) is 0 Å². The number of benzene rings is 2. The minimum Gasteiger partial charge on any atom is -0.207 e. The molecule has 0 aliphatic carbocycles. The van der Waals surface area contributed by atoms with Gasteiger partial charge < -0.3 is 0 Å². The van der Waals surface area contributed by atoms with Gasteiger partial charge in [-0.1, -0.05) is 40.2 Å². The van der Waals surface area contributed by atoms with Crippen LogP contribution in [0.25, 0.3) is 0 Å². The second-order valence-corrected chi connectivity index (χ2v) is 5.63. The Morgan fingerprint density at radius 1 is 0.875 bits per heavy atom. The van der Waals surface area contributed by atoms with Crippen LogP contribution in [0.15, 0.2) is 48.5 Å². The van der Waals surface area contributed by atoms with Crippen molar-refractivity contribution in [1.82, 2.24) is 0 Å². The molecule has 1 atom stereocenters. The van der Waals surface area contributed by atoms with E-state index in [0.717, 1.165) is 5.56 Å². The molecular formula is C13H9BrFI. The van der Waals surface area contributed by atoms with E-state index in [4.69, 9.17) is 0 Å². The van der Waals surface area contributed by atoms with Crippen molar-refractivity contribution in [2.24, 2.45) is 0 Å². The SMILES string of the molecule is Fc1ccc(C(Br)c2ccc(I)cc2)cc1. The van der Waals surface area contributed by atoms with Crippen molar-refractivity contribution in [2.75, 3.05) is 0 Å². The maximum Gasteiger partial charge on any atom is 0.123 e. The van der Waals surface area contributed by atoms with E-state index in [2.05, 4.69) is 62.8 Å². The molecule has 0 saturated carbocycles. The number of alkyl halides is 1. The molecule has 0 nitrogen and oxygen atoms in total. The second kappa shape index (κ2) is 5.27. The lowest BCUT2D eigenvalue weighted by Gasteiger charge is -2.10. The standard InChI is InChI=1S/C13H9BrFI/c14-13(9-1-5-11(15)6-2-9)10-3-7-12(16)8-4-10/h1-8,13H. The number of rotatable bonds is 2. The molecule has 2 rings (SSSR count). The summed E-state index contributed by atoms with van der Waals surface area (Å²) >= 11 is 5.89. The maximum absolute atomic E-state index is 12.8. The van der Waals surface area contributed by atoms with E-state index in [1.165, 1.54) is 21.3 Å². The van der Waals surface area contributed by atoms with Gasteiger partial charge in [0.2, 0.25) is 0 Å². The monoisotopic (exact) mass is 390 g/mol. The van der Waals surface area contributed by atoms with E-state index in [0.29, 0.717) is 0 Å². The van der Waals surface area contributed by atoms with E-state index in [1.807, 2.05) is 0 Å². The number of halogens is 3. The fourth-order valence-corrected chi connectivity index (χ4v) is 2.43. The first-order valence-electron chi connectivity index (χ1n) is 4.82. The Balaban J connectivity index is 2.28. The lowest BCUT2D eigenvalue weighted by molar-refractivity contribution is 0.627. The number of hydrogen-bond acceptors (Lipinski definition) is 0. The molecule has 0 saturated heterocycles. The first kappa shape index (κ1) is 12.0. The molecular weight excluding hydrogens is 382 g/mol. The maximum atomic E-state index is 12.8. The third kappa shape index (κ3) is 2.83. The molecule has 0 heterocycles. The first-order chi connectivity index (χ1) is 7.66. The quantitative estimate of drug-likeness (QED) is 0.504. The predicted molar refractivity (Wildman–Crippen MR) is 76.3 cm³/mol. The largest absolute Gasteiger partial charge is 0.207 e. The van der Waals surface area contributed by atoms with Gasteiger partial charge in [-0.2, -0.15) is 0 Å². The number of hydrogen-bond donors (Lipinski definition) is 0. The molecule has 0 aliphatic heterocycles. The van der Waals surface area contributed by atoms with Crippen molar-refractivity contribution in [1.29, 1.82) is 0 Å². The third-order valence-electron chi connectivity index (χ3n) is 2.33. The summed E-state index contributed by atoms with van der Waals surface area (Å²) in [7, 11) is 0. The van der Waals surface area contributed by atoms with Gasteiger partial charge in [0.1, 0.15) is 5.82 Å². The van der Waals surface area contributed by atoms with Gasteiger partial charge in [-0.15, -0.1) is 0 Å². The highest BCUT2D eigenvalue weighted by Gasteiger charge is 2.09. The van der Waals surface area contributed by atoms with Crippen molar-refractivity contribution < 1.29 is 4.39 Å². The Morgan fingerprint density at radius 2 is 1.31 bits per heavy atom. The minimum atomic E-state index is -0.203. The molecule has 16 heavy (non-hydrogen) atoms. The molecule has 0 aliphatic rings. The summed E-state index contributed by atoms with van der Waals surface area (Å²) in [5, 5.41) is 0. The van der Waals surface area contributed by atoms with Crippen LogP contribution in [0.2, 0.25) is 0 Å². The Hall–Kier alpha value is -0.420. The van der Waals surface area contributed by atoms with Crippen LogP contribution in [0.4, 0.5) is 4.39 Å². The molecule has 3 heteroatoms. The van der Waals surface area contributed by atoms with Crippen LogP contribution in [0, 0.1) is 9.39 Å². The zero-order valence-corrected chi connectivity index (χ0v) is 12.1. The summed E-state index contributed by atoms with van der Waals surface area (Å²) in [4.78, 5) is 0.116. The van der Waals surface area contributed by atoms with Crippen molar-refractivity contribution in [2.45, 2.75) is 4.83 Å². The first-order valence-corrected chi connectivity index (χ1v) is 6.81. The van der Waals surface area contributed by atoms with Crippen LogP contribution in [0.3, 0.4) is 0 Å². The molecule has 0 aromatic heterocycles. The Morgan fingerprint density at radius 3 is 1.81 bits per heavy atom. The van der Waals surface area contributed by atoms with Crippen LogP contribution < -0.4 is 0 Å². The zero-order chi connectivity index (χ0) is 11.5. The summed E-state index contributed by atoms with van der Waals surface area (Å²) in [6, 6.07) is 14.8. The molecule has 82 valence electrons. The van der Waals surface area contributed by atoms with Crippen molar-refractivity contribution in [3.63, 3.8) is 0 Å². The Bertz CT molecular complexity index is 419. The van der Waals surface area contributed by atoms with E-state index in [-0.39, 0.29) is 10.6 Å². The minimum absolute atomic E-state index is 0.116. The van der Waals surface area contributed by atoms with Gasteiger partial charge in [0.15, 0.2) is 0 Å². The summed E-state index contributed by atoms with van der Waals surface area (Å²) < 4.78 is 14.0. The van der Waals surface area contributed by atoms with E-state index in [1.54, 1.807) is 12.1 Å². The van der Waals surface area contributed by atoms with Gasteiger partial charge in [0, 0.05) is 3.57 Å². The van der Waals surface area contributed by atoms with Crippen LogP contribution in [-0.4, -0.2) is 0 Å². The average molecular weight is 391 g/mol. The highest BCUT2D eigenvalue weighted by Crippen LogP contribution is 2.30. The summed E-state index contributed by atoms with van der Waals surface area (Å²) in [6.45, 7) is 0. The molecule has 0 fully saturated rings. The lowest BCUT2D eigenvalue weighted by Crippen LogP contribution is -1.92. The zero-order valence-electron chi connectivity index (χ0n) is 8.33. The summed E-state index contributed by atoms with van der Waals surface area (Å²) in [6.07, 6.45) is 0. The molecule has 0 radical (unpaired) electrons. The van der Waals surface area contributed by atoms with Crippen molar-refractivity contribution in [3.8, 4) is 0 Å². The highest BCUT2D eigenvalue weighted by atomic mass is 127. The molecule has 0 bridgehead atoms. The van der Waals surface area contributed by atoms with Crippen LogP contribution >= 0.6 is 38.5 Å². The molecule has 0 N–H and O–H groups in total. The van der Waals surface area contributed by atoms with Crippen molar-refractivity contribution in [3.05, 3.63) is 69.0 Å². The second-order valence-electron chi connectivity index (χ2n) is 3.47. The predicted octanol–water partition coefficient (Wildman–Crippen LogP) is 4.91. The fraction of sp³-hybridized carbons (Fsp3) is 0.0769. The summed E-state index contributed by atoms with van der Waals surface area (Å²) in [5.74, 6) is -0.203. The molecule has 1 unspecified atom stereocenters. The third-order valence-corrected chi connectivity index (χ3v) is 4.10. The molecule has 0 amide bonds. The molecule has 2 aromatic rings. The van der Waals surface area contributed by atoms with Crippen molar-refractivity contribution >= 4 is 38.5 Å². The van der Waals surface area contributed by atoms with Gasteiger partial charge >= 0.3 is 0 Å². The topological polar surface area (TPSA) is 0 Å². The van der Waals surface area contributed by atoms with E-state index >= 15 is 0 Å². The lowest BCUT2D eigenvalue weighted by atomic mass is 10.1. The van der Waals surface area contributed by atoms with Gasteiger partial charge in [-0.3, -0.25) is 0 Å². The smallest absolute Gasteiger partial charge is 0.123 e. The van der Waals surface area contributed by atoms with E-state index < -0.39 is 0 Å². The molecule has 2 aromatic carbocycles. The Kier molecular flexibility index (Phi) is 3.97. The average Bonchev–Trinajstić information content (AvgIpc) is 2.30. The van der Waals surface area contributed by atoms with Crippen LogP contribution in [-0.2, 0) is 0 Å². The molecule has 0 spiro atoms. The fourth-order valence-electron chi connectivity index (χ4n) is 1.46. The van der Waals surface area contributed by atoms with Gasteiger partial charge in [0.05, 0.1) is 4.83 Å². The van der Waals surface area contributed by atoms with Gasteiger partial charge in [0.25, 0.3) is 0 Å². The van der Waals surface area contributed by atoms with Gasteiger partial charge in [-0.05, 0) is 58.0 Å². The van der Waals surface area contributed by atoms with E-state index in [9.17, 15) is 4.39 Å². The van der Waals surface area contributed by atoms with Gasteiger partial charge in [-0.25, -0.2) is 4.39 Å².